The second-order valence-electron chi connectivity index (χ2n) is 10.3. The predicted molar refractivity (Wildman–Crippen MR) is 129 cm³/mol. The van der Waals surface area contributed by atoms with E-state index in [1.54, 1.807) is 4.57 Å². The molecule has 1 heterocycles. The van der Waals surface area contributed by atoms with Crippen molar-refractivity contribution in [3.63, 3.8) is 0 Å². The third kappa shape index (κ3) is 5.13. The highest BCUT2D eigenvalue weighted by molar-refractivity contribution is 5.85. The summed E-state index contributed by atoms with van der Waals surface area (Å²) >= 11 is 0. The fourth-order valence-corrected chi connectivity index (χ4v) is 5.94. The SMILES string of the molecule is O=C(NC1CCCCC1)C(C1CCCCC1)n1c(Cc2ccc(F)cc2F)nc2cc(F)c(F)cc21. The number of carbonyl (C=O) groups is 1. The zero-order chi connectivity index (χ0) is 25.2. The van der Waals surface area contributed by atoms with Gasteiger partial charge in [0, 0.05) is 30.7 Å². The van der Waals surface area contributed by atoms with Crippen LogP contribution in [0, 0.1) is 29.2 Å². The average molecular weight is 502 g/mol. The van der Waals surface area contributed by atoms with E-state index in [-0.39, 0.29) is 35.4 Å². The molecule has 1 amide bonds. The van der Waals surface area contributed by atoms with E-state index in [0.29, 0.717) is 11.3 Å². The van der Waals surface area contributed by atoms with Gasteiger partial charge in [-0.2, -0.15) is 0 Å². The van der Waals surface area contributed by atoms with Crippen LogP contribution in [-0.4, -0.2) is 21.5 Å². The first-order chi connectivity index (χ1) is 17.4. The fourth-order valence-electron chi connectivity index (χ4n) is 5.94. The van der Waals surface area contributed by atoms with Gasteiger partial charge in [0.25, 0.3) is 0 Å². The third-order valence-electron chi connectivity index (χ3n) is 7.76. The highest BCUT2D eigenvalue weighted by atomic mass is 19.2. The summed E-state index contributed by atoms with van der Waals surface area (Å²) in [5, 5.41) is 3.23. The van der Waals surface area contributed by atoms with Gasteiger partial charge in [0.1, 0.15) is 23.5 Å². The Morgan fingerprint density at radius 1 is 0.889 bits per heavy atom. The molecule has 8 heteroatoms. The first-order valence-corrected chi connectivity index (χ1v) is 13.0. The molecule has 0 bridgehead atoms. The van der Waals surface area contributed by atoms with Gasteiger partial charge in [0.2, 0.25) is 5.91 Å². The maximum absolute atomic E-state index is 14.6. The summed E-state index contributed by atoms with van der Waals surface area (Å²) in [7, 11) is 0. The fraction of sp³-hybridized carbons (Fsp3) is 0.500. The van der Waals surface area contributed by atoms with Crippen molar-refractivity contribution < 1.29 is 22.4 Å². The molecule has 1 aromatic heterocycles. The molecule has 2 aromatic carbocycles. The third-order valence-corrected chi connectivity index (χ3v) is 7.76. The summed E-state index contributed by atoms with van der Waals surface area (Å²) < 4.78 is 58.4. The maximum Gasteiger partial charge on any atom is 0.243 e. The number of nitrogens with one attached hydrogen (secondary N) is 1. The van der Waals surface area contributed by atoms with Crippen molar-refractivity contribution in [2.24, 2.45) is 5.92 Å². The number of amides is 1. The molecule has 1 unspecified atom stereocenters. The second kappa shape index (κ2) is 10.6. The molecule has 0 aliphatic heterocycles. The number of fused-ring (bicyclic) bond motifs is 1. The highest BCUT2D eigenvalue weighted by Crippen LogP contribution is 2.37. The quantitative estimate of drug-likeness (QED) is 0.380. The number of hydrogen-bond acceptors (Lipinski definition) is 2. The first kappa shape index (κ1) is 24.8. The number of imidazole rings is 1. The van der Waals surface area contributed by atoms with Crippen LogP contribution in [0.25, 0.3) is 11.0 Å². The van der Waals surface area contributed by atoms with Gasteiger partial charge in [-0.3, -0.25) is 4.79 Å². The Balaban J connectivity index is 1.61. The van der Waals surface area contributed by atoms with Gasteiger partial charge in [-0.15, -0.1) is 0 Å². The van der Waals surface area contributed by atoms with E-state index in [1.165, 1.54) is 12.1 Å². The lowest BCUT2D eigenvalue weighted by Gasteiger charge is -2.33. The molecular formula is C28H31F4N3O. The first-order valence-electron chi connectivity index (χ1n) is 13.0. The number of halogens is 4. The molecule has 1 N–H and O–H groups in total. The number of carbonyl (C=O) groups excluding carboxylic acids is 1. The van der Waals surface area contributed by atoms with Crippen molar-refractivity contribution >= 4 is 16.9 Å². The van der Waals surface area contributed by atoms with Crippen molar-refractivity contribution in [1.82, 2.24) is 14.9 Å². The lowest BCUT2D eigenvalue weighted by Crippen LogP contribution is -2.43. The molecule has 2 saturated carbocycles. The summed E-state index contributed by atoms with van der Waals surface area (Å²) in [6.45, 7) is 0. The van der Waals surface area contributed by atoms with E-state index < -0.39 is 29.3 Å². The normalized spacial score (nSPS) is 18.4. The van der Waals surface area contributed by atoms with Gasteiger partial charge >= 0.3 is 0 Å². The number of nitrogens with zero attached hydrogens (tertiary/aromatic N) is 2. The van der Waals surface area contributed by atoms with Crippen molar-refractivity contribution in [2.45, 2.75) is 82.7 Å². The monoisotopic (exact) mass is 501 g/mol. The minimum atomic E-state index is -1.03. The van der Waals surface area contributed by atoms with Crippen molar-refractivity contribution in [2.75, 3.05) is 0 Å². The van der Waals surface area contributed by atoms with E-state index in [1.807, 2.05) is 0 Å². The van der Waals surface area contributed by atoms with Gasteiger partial charge in [-0.1, -0.05) is 44.6 Å². The lowest BCUT2D eigenvalue weighted by atomic mass is 9.82. The van der Waals surface area contributed by atoms with E-state index in [4.69, 9.17) is 0 Å². The molecule has 0 spiro atoms. The van der Waals surface area contributed by atoms with Crippen molar-refractivity contribution in [1.29, 1.82) is 0 Å². The number of hydrogen-bond donors (Lipinski definition) is 1. The maximum atomic E-state index is 14.6. The molecule has 0 saturated heterocycles. The molecule has 2 fully saturated rings. The summed E-state index contributed by atoms with van der Waals surface area (Å²) in [5.74, 6) is -3.32. The van der Waals surface area contributed by atoms with Gasteiger partial charge in [-0.05, 0) is 43.2 Å². The van der Waals surface area contributed by atoms with E-state index in [0.717, 1.165) is 82.4 Å². The molecule has 5 rings (SSSR count). The Morgan fingerprint density at radius 2 is 1.56 bits per heavy atom. The smallest absolute Gasteiger partial charge is 0.243 e. The van der Waals surface area contributed by atoms with Crippen LogP contribution in [0.2, 0.25) is 0 Å². The van der Waals surface area contributed by atoms with Crippen LogP contribution >= 0.6 is 0 Å². The number of benzene rings is 2. The molecule has 0 radical (unpaired) electrons. The molecule has 3 aromatic rings. The van der Waals surface area contributed by atoms with Crippen LogP contribution in [0.15, 0.2) is 30.3 Å². The second-order valence-corrected chi connectivity index (χ2v) is 10.3. The summed E-state index contributed by atoms with van der Waals surface area (Å²) in [5.41, 5.74) is 0.711. The topological polar surface area (TPSA) is 46.9 Å². The molecule has 192 valence electrons. The van der Waals surface area contributed by atoms with Gasteiger partial charge in [0.05, 0.1) is 11.0 Å². The molecule has 36 heavy (non-hydrogen) atoms. The summed E-state index contributed by atoms with van der Waals surface area (Å²) in [4.78, 5) is 18.4. The van der Waals surface area contributed by atoms with Gasteiger partial charge in [-0.25, -0.2) is 22.5 Å². The summed E-state index contributed by atoms with van der Waals surface area (Å²) in [6.07, 6.45) is 9.79. The van der Waals surface area contributed by atoms with Crippen LogP contribution in [0.1, 0.15) is 81.6 Å². The Morgan fingerprint density at radius 3 is 2.25 bits per heavy atom. The standard InChI is InChI=1S/C28H31F4N3O/c29-19-12-11-18(21(30)14-19)13-26-34-24-15-22(31)23(32)16-25(24)35(26)27(17-7-3-1-4-8-17)28(36)33-20-9-5-2-6-10-20/h11-12,14-17,20,27H,1-10,13H2,(H,33,36). The number of aromatic nitrogens is 2. The predicted octanol–water partition coefficient (Wildman–Crippen LogP) is 6.75. The molecule has 1 atom stereocenters. The average Bonchev–Trinajstić information content (AvgIpc) is 3.19. The molecular weight excluding hydrogens is 470 g/mol. The Bertz CT molecular complexity index is 1250. The van der Waals surface area contributed by atoms with Crippen LogP contribution < -0.4 is 5.32 Å². The molecule has 2 aliphatic carbocycles. The van der Waals surface area contributed by atoms with Crippen LogP contribution in [0.4, 0.5) is 17.6 Å². The van der Waals surface area contributed by atoms with E-state index in [2.05, 4.69) is 10.3 Å². The minimum Gasteiger partial charge on any atom is -0.352 e. The van der Waals surface area contributed by atoms with Crippen LogP contribution in [-0.2, 0) is 11.2 Å². The Labute approximate surface area is 208 Å². The molecule has 2 aliphatic rings. The van der Waals surface area contributed by atoms with Crippen LogP contribution in [0.3, 0.4) is 0 Å². The number of rotatable bonds is 6. The van der Waals surface area contributed by atoms with E-state index >= 15 is 0 Å². The van der Waals surface area contributed by atoms with Gasteiger partial charge < -0.3 is 9.88 Å². The largest absolute Gasteiger partial charge is 0.352 e. The minimum absolute atomic E-state index is 0.00957. The zero-order valence-corrected chi connectivity index (χ0v) is 20.2. The summed E-state index contributed by atoms with van der Waals surface area (Å²) in [6, 6.07) is 4.80. The van der Waals surface area contributed by atoms with Crippen molar-refractivity contribution in [3.05, 3.63) is 65.0 Å². The van der Waals surface area contributed by atoms with Crippen molar-refractivity contribution in [3.8, 4) is 0 Å². The Hall–Kier alpha value is -2.90. The highest BCUT2D eigenvalue weighted by Gasteiger charge is 2.35. The molecule has 4 nitrogen and oxygen atoms in total. The lowest BCUT2D eigenvalue weighted by molar-refractivity contribution is -0.127. The van der Waals surface area contributed by atoms with E-state index in [9.17, 15) is 22.4 Å². The van der Waals surface area contributed by atoms with Gasteiger partial charge in [0.15, 0.2) is 11.6 Å². The Kier molecular flexibility index (Phi) is 7.30. The zero-order valence-electron chi connectivity index (χ0n) is 20.2. The van der Waals surface area contributed by atoms with Crippen LogP contribution in [0.5, 0.6) is 0 Å².